The maximum absolute atomic E-state index is 12.9. The summed E-state index contributed by atoms with van der Waals surface area (Å²) in [5.41, 5.74) is 2.16. The lowest BCUT2D eigenvalue weighted by molar-refractivity contribution is -0.150. The van der Waals surface area contributed by atoms with E-state index in [1.807, 2.05) is 61.5 Å². The van der Waals surface area contributed by atoms with Gasteiger partial charge in [0.25, 0.3) is 11.5 Å². The Morgan fingerprint density at radius 3 is 2.39 bits per heavy atom. The van der Waals surface area contributed by atoms with Crippen LogP contribution in [-0.2, 0) is 21.4 Å². The fourth-order valence-electron chi connectivity index (χ4n) is 3.08. The number of carbonyl (C=O) groups excluding carboxylic acids is 2. The minimum atomic E-state index is -1.03. The summed E-state index contributed by atoms with van der Waals surface area (Å²) < 4.78 is 8.40. The number of anilines is 1. The molecule has 3 aromatic rings. The normalized spacial score (nSPS) is 11.7. The number of esters is 1. The summed E-state index contributed by atoms with van der Waals surface area (Å²) in [6, 6.07) is 16.9. The molecule has 0 fully saturated rings. The second kappa shape index (κ2) is 9.70. The molecular weight excluding hydrogens is 414 g/mol. The van der Waals surface area contributed by atoms with E-state index in [4.69, 9.17) is 4.74 Å². The van der Waals surface area contributed by atoms with Gasteiger partial charge in [-0.3, -0.25) is 19.1 Å². The molecule has 0 aliphatic heterocycles. The largest absolute Gasteiger partial charge is 0.452 e. The van der Waals surface area contributed by atoms with Gasteiger partial charge in [0.05, 0.1) is 17.1 Å². The number of nitrogens with one attached hydrogen (secondary N) is 1. The lowest BCUT2D eigenvalue weighted by atomic mass is 10.2. The zero-order valence-corrected chi connectivity index (χ0v) is 18.7. The molecule has 31 heavy (non-hydrogen) atoms. The van der Waals surface area contributed by atoms with Gasteiger partial charge in [0.15, 0.2) is 6.10 Å². The van der Waals surface area contributed by atoms with Gasteiger partial charge in [-0.2, -0.15) is 0 Å². The van der Waals surface area contributed by atoms with Crippen molar-refractivity contribution in [1.82, 2.24) is 9.36 Å². The molecule has 0 saturated heterocycles. The molecule has 0 aliphatic rings. The average Bonchev–Trinajstić information content (AvgIpc) is 2.96. The van der Waals surface area contributed by atoms with Gasteiger partial charge in [0.2, 0.25) is 0 Å². The van der Waals surface area contributed by atoms with Gasteiger partial charge in [0, 0.05) is 11.9 Å². The molecule has 1 heterocycles. The quantitative estimate of drug-likeness (QED) is 0.450. The maximum atomic E-state index is 12.9. The molecule has 0 saturated carbocycles. The number of carbonyl (C=O) groups is 2. The van der Waals surface area contributed by atoms with Crippen LogP contribution in [-0.4, -0.2) is 33.1 Å². The third-order valence-corrected chi connectivity index (χ3v) is 6.07. The first-order valence-electron chi connectivity index (χ1n) is 9.82. The molecule has 1 atom stereocenters. The molecule has 2 aromatic carbocycles. The van der Waals surface area contributed by atoms with Gasteiger partial charge in [-0.05, 0) is 44.5 Å². The van der Waals surface area contributed by atoms with E-state index in [0.717, 1.165) is 10.5 Å². The Labute approximate surface area is 185 Å². The lowest BCUT2D eigenvalue weighted by Gasteiger charge is -2.13. The molecule has 1 aromatic heterocycles. The van der Waals surface area contributed by atoms with Crippen molar-refractivity contribution < 1.29 is 14.3 Å². The van der Waals surface area contributed by atoms with Crippen LogP contribution < -0.4 is 10.9 Å². The SMILES string of the molecule is Cc1ccccc1SCC(=O)OC(C)C(=O)Nc1c(C)n(C)n(-c2ccccc2)c1=O. The average molecular weight is 440 g/mol. The Hall–Kier alpha value is -3.26. The Kier molecular flexibility index (Phi) is 7.02. The Balaban J connectivity index is 1.65. The number of ether oxygens (including phenoxy) is 1. The van der Waals surface area contributed by atoms with Gasteiger partial charge in [-0.15, -0.1) is 11.8 Å². The predicted molar refractivity (Wildman–Crippen MR) is 122 cm³/mol. The molecule has 1 amide bonds. The molecule has 162 valence electrons. The highest BCUT2D eigenvalue weighted by Crippen LogP contribution is 2.22. The zero-order chi connectivity index (χ0) is 22.5. The molecule has 0 radical (unpaired) electrons. The topological polar surface area (TPSA) is 82.3 Å². The first-order chi connectivity index (χ1) is 14.8. The van der Waals surface area contributed by atoms with Gasteiger partial charge < -0.3 is 10.1 Å². The van der Waals surface area contributed by atoms with Crippen molar-refractivity contribution in [2.24, 2.45) is 7.05 Å². The van der Waals surface area contributed by atoms with Crippen LogP contribution in [0.15, 0.2) is 64.3 Å². The van der Waals surface area contributed by atoms with Crippen LogP contribution >= 0.6 is 11.8 Å². The number of rotatable bonds is 7. The Morgan fingerprint density at radius 1 is 1.06 bits per heavy atom. The molecule has 0 spiro atoms. The van der Waals surface area contributed by atoms with E-state index < -0.39 is 18.0 Å². The van der Waals surface area contributed by atoms with E-state index in [9.17, 15) is 14.4 Å². The number of aromatic nitrogens is 2. The summed E-state index contributed by atoms with van der Waals surface area (Å²) in [6.45, 7) is 5.19. The summed E-state index contributed by atoms with van der Waals surface area (Å²) >= 11 is 1.36. The molecule has 1 N–H and O–H groups in total. The van der Waals surface area contributed by atoms with Crippen molar-refractivity contribution in [3.05, 3.63) is 76.2 Å². The standard InChI is InChI=1S/C23H25N3O4S/c1-15-10-8-9-13-19(15)31-14-20(27)30-17(3)22(28)24-21-16(2)25(4)26(23(21)29)18-11-6-5-7-12-18/h5-13,17H,14H2,1-4H3,(H,24,28). The van der Waals surface area contributed by atoms with Crippen LogP contribution in [0, 0.1) is 13.8 Å². The monoisotopic (exact) mass is 439 g/mol. The van der Waals surface area contributed by atoms with Crippen LogP contribution in [0.5, 0.6) is 0 Å². The van der Waals surface area contributed by atoms with Gasteiger partial charge >= 0.3 is 5.97 Å². The second-order valence-electron chi connectivity index (χ2n) is 7.11. The van der Waals surface area contributed by atoms with Crippen molar-refractivity contribution in [3.63, 3.8) is 0 Å². The van der Waals surface area contributed by atoms with E-state index in [0.29, 0.717) is 11.4 Å². The van der Waals surface area contributed by atoms with Crippen LogP contribution in [0.25, 0.3) is 5.69 Å². The second-order valence-corrected chi connectivity index (χ2v) is 8.13. The van der Waals surface area contributed by atoms with E-state index >= 15 is 0 Å². The molecule has 1 unspecified atom stereocenters. The summed E-state index contributed by atoms with van der Waals surface area (Å²) in [7, 11) is 1.74. The number of hydrogen-bond donors (Lipinski definition) is 1. The van der Waals surface area contributed by atoms with Gasteiger partial charge in [-0.1, -0.05) is 36.4 Å². The highest BCUT2D eigenvalue weighted by atomic mass is 32.2. The highest BCUT2D eigenvalue weighted by Gasteiger charge is 2.23. The van der Waals surface area contributed by atoms with Gasteiger partial charge in [0.1, 0.15) is 5.69 Å². The molecule has 7 nitrogen and oxygen atoms in total. The van der Waals surface area contributed by atoms with E-state index in [-0.39, 0.29) is 17.0 Å². The summed E-state index contributed by atoms with van der Waals surface area (Å²) in [4.78, 5) is 38.6. The fourth-order valence-corrected chi connectivity index (χ4v) is 3.89. The van der Waals surface area contributed by atoms with Crippen LogP contribution in [0.3, 0.4) is 0 Å². The fraction of sp³-hybridized carbons (Fsp3) is 0.261. The summed E-state index contributed by atoms with van der Waals surface area (Å²) in [5, 5.41) is 2.62. The van der Waals surface area contributed by atoms with Crippen LogP contribution in [0.1, 0.15) is 18.2 Å². The lowest BCUT2D eigenvalue weighted by Crippen LogP contribution is -2.32. The van der Waals surface area contributed by atoms with E-state index in [1.54, 1.807) is 18.7 Å². The highest BCUT2D eigenvalue weighted by molar-refractivity contribution is 8.00. The van der Waals surface area contributed by atoms with Gasteiger partial charge in [-0.25, -0.2) is 4.68 Å². The van der Waals surface area contributed by atoms with Crippen molar-refractivity contribution in [3.8, 4) is 5.69 Å². The van der Waals surface area contributed by atoms with Crippen molar-refractivity contribution in [2.45, 2.75) is 31.8 Å². The van der Waals surface area contributed by atoms with Crippen molar-refractivity contribution >= 4 is 29.3 Å². The smallest absolute Gasteiger partial charge is 0.317 e. The Bertz CT molecular complexity index is 1150. The van der Waals surface area contributed by atoms with E-state index in [2.05, 4.69) is 5.32 Å². The number of hydrogen-bond acceptors (Lipinski definition) is 5. The third-order valence-electron chi connectivity index (χ3n) is 4.92. The van der Waals surface area contributed by atoms with Crippen LogP contribution in [0.2, 0.25) is 0 Å². The minimum absolute atomic E-state index is 0.0909. The number of benzene rings is 2. The molecule has 8 heteroatoms. The summed E-state index contributed by atoms with van der Waals surface area (Å²) in [5.74, 6) is -0.962. The first-order valence-corrected chi connectivity index (χ1v) is 10.8. The number of amides is 1. The van der Waals surface area contributed by atoms with Crippen molar-refractivity contribution in [1.29, 1.82) is 0 Å². The first kappa shape index (κ1) is 22.4. The molecule has 3 rings (SSSR count). The Morgan fingerprint density at radius 2 is 1.71 bits per heavy atom. The van der Waals surface area contributed by atoms with E-state index in [1.165, 1.54) is 23.4 Å². The predicted octanol–water partition coefficient (Wildman–Crippen LogP) is 3.46. The molecular formula is C23H25N3O4S. The molecule has 0 bridgehead atoms. The molecule has 0 aliphatic carbocycles. The van der Waals surface area contributed by atoms with Crippen molar-refractivity contribution in [2.75, 3.05) is 11.1 Å². The third kappa shape index (κ3) is 5.08. The van der Waals surface area contributed by atoms with Crippen LogP contribution in [0.4, 0.5) is 5.69 Å². The zero-order valence-electron chi connectivity index (χ0n) is 17.9. The minimum Gasteiger partial charge on any atom is -0.452 e. The number of aryl methyl sites for hydroxylation is 1. The summed E-state index contributed by atoms with van der Waals surface area (Å²) in [6.07, 6.45) is -1.03. The number of para-hydroxylation sites is 1. The maximum Gasteiger partial charge on any atom is 0.317 e. The number of thioether (sulfide) groups is 1. The number of nitrogens with zero attached hydrogens (tertiary/aromatic N) is 2.